The van der Waals surface area contributed by atoms with Crippen molar-refractivity contribution in [2.75, 3.05) is 0 Å². The van der Waals surface area contributed by atoms with Gasteiger partial charge in [-0.2, -0.15) is 0 Å². The highest BCUT2D eigenvalue weighted by Crippen LogP contribution is 2.50. The fraction of sp³-hybridized carbons (Fsp3) is 0.653. The molecule has 0 fully saturated rings. The molecule has 5 heteroatoms. The van der Waals surface area contributed by atoms with Gasteiger partial charge in [-0.05, 0) is 160 Å². The molecule has 0 aliphatic carbocycles. The van der Waals surface area contributed by atoms with Crippen LogP contribution in [0.1, 0.15) is 407 Å². The van der Waals surface area contributed by atoms with E-state index in [0.29, 0.717) is 0 Å². The number of hydrogen-bond acceptors (Lipinski definition) is 3. The van der Waals surface area contributed by atoms with Crippen molar-refractivity contribution in [3.63, 3.8) is 0 Å². The summed E-state index contributed by atoms with van der Waals surface area (Å²) in [5.74, 6) is 0. The van der Waals surface area contributed by atoms with Crippen LogP contribution >= 0.6 is 11.3 Å². The molecule has 8 bridgehead atoms. The van der Waals surface area contributed by atoms with Gasteiger partial charge in [0.1, 0.15) is 0 Å². The normalized spacial score (nSPS) is 12.1. The van der Waals surface area contributed by atoms with Gasteiger partial charge in [0.05, 0.1) is 22.8 Å². The number of aryl methyl sites for hydroxylation is 8. The Hall–Kier alpha value is -5.00. The molecule has 0 saturated heterocycles. The minimum absolute atomic E-state index is 1.08. The molecule has 566 valence electrons. The quantitative estimate of drug-likeness (QED) is 0.0373. The molecule has 0 saturated carbocycles. The highest BCUT2D eigenvalue weighted by molar-refractivity contribution is 7.13. The average molecular weight is 1410 g/mol. The van der Waals surface area contributed by atoms with Gasteiger partial charge in [0, 0.05) is 75.6 Å². The standard InChI is InChI=1S/C98H148N4S/c1-9-17-25-33-41-49-57-75-65-66-76(58-50-42-34-26-18-10-2)92-82-72-84-94-78(60-52-44-36-28-20-12-4)68-70-80(62-54-46-38-30-22-14-6)96(94)86(101-84)74-88-98-90(64-56-48-40-32-24-16-8)103-89(63-55-47-39-31-23-15-7)97(98)87(102-88)73-85-95-79(61-53-45-37-29-21-13-5)69-67-77(59-51-43-35-27-19-11-3)93(95)83(100-85)71-81(99-82)91(75)92/h65-74,100-101H,9-64H2,1-8H3. The van der Waals surface area contributed by atoms with Gasteiger partial charge in [-0.25, -0.2) is 9.97 Å². The largest absolute Gasteiger partial charge is 0.354 e. The van der Waals surface area contributed by atoms with E-state index in [-0.39, 0.29) is 0 Å². The van der Waals surface area contributed by atoms with Crippen LogP contribution in [0.2, 0.25) is 0 Å². The maximum absolute atomic E-state index is 6.23. The minimum Gasteiger partial charge on any atom is -0.354 e. The fourth-order valence-electron chi connectivity index (χ4n) is 17.7. The van der Waals surface area contributed by atoms with E-state index in [1.165, 1.54) is 419 Å². The van der Waals surface area contributed by atoms with Crippen molar-refractivity contribution in [1.29, 1.82) is 0 Å². The van der Waals surface area contributed by atoms with Gasteiger partial charge in [0.2, 0.25) is 0 Å². The zero-order valence-corrected chi connectivity index (χ0v) is 68.5. The van der Waals surface area contributed by atoms with Crippen LogP contribution in [0.4, 0.5) is 0 Å². The number of rotatable bonds is 56. The Morgan fingerprint density at radius 3 is 0.631 bits per heavy atom. The summed E-state index contributed by atoms with van der Waals surface area (Å²) in [6.07, 6.45) is 71.2. The van der Waals surface area contributed by atoms with Gasteiger partial charge < -0.3 is 9.97 Å². The van der Waals surface area contributed by atoms with Crippen molar-refractivity contribution in [1.82, 2.24) is 19.9 Å². The van der Waals surface area contributed by atoms with Crippen LogP contribution in [0.25, 0.3) is 88.6 Å². The highest BCUT2D eigenvalue weighted by atomic mass is 32.1. The van der Waals surface area contributed by atoms with E-state index >= 15 is 0 Å². The minimum atomic E-state index is 1.08. The molecule has 0 spiro atoms. The number of benzene rings is 3. The van der Waals surface area contributed by atoms with Crippen molar-refractivity contribution in [2.45, 2.75) is 415 Å². The first-order chi connectivity index (χ1) is 50.9. The Bertz CT molecular complexity index is 3510. The predicted octanol–water partition coefficient (Wildman–Crippen LogP) is 32.6. The molecule has 7 aromatic rings. The lowest BCUT2D eigenvalue weighted by Gasteiger charge is -2.14. The molecular weight excluding hydrogens is 1270 g/mol. The Balaban J connectivity index is 1.41. The summed E-state index contributed by atoms with van der Waals surface area (Å²) in [5, 5.41) is 5.79. The molecule has 4 nitrogen and oxygen atoms in total. The van der Waals surface area contributed by atoms with E-state index in [9.17, 15) is 0 Å². The molecule has 3 aromatic carbocycles. The summed E-state index contributed by atoms with van der Waals surface area (Å²) in [4.78, 5) is 24.5. The molecule has 2 aliphatic rings. The second-order valence-corrected chi connectivity index (χ2v) is 33.7. The van der Waals surface area contributed by atoms with E-state index in [0.717, 1.165) is 62.8 Å². The maximum atomic E-state index is 6.23. The van der Waals surface area contributed by atoms with Crippen LogP contribution in [-0.2, 0) is 51.4 Å². The summed E-state index contributed by atoms with van der Waals surface area (Å²) < 4.78 is 0. The van der Waals surface area contributed by atoms with Crippen LogP contribution in [0.3, 0.4) is 0 Å². The smallest absolute Gasteiger partial charge is 0.0748 e. The maximum Gasteiger partial charge on any atom is 0.0748 e. The third-order valence-corrected chi connectivity index (χ3v) is 25.1. The third kappa shape index (κ3) is 24.2. The van der Waals surface area contributed by atoms with Gasteiger partial charge in [0.25, 0.3) is 0 Å². The first kappa shape index (κ1) is 82.1. The number of nitrogens with one attached hydrogen (secondary N) is 2. The van der Waals surface area contributed by atoms with Crippen molar-refractivity contribution >= 4 is 54.9 Å². The zero-order valence-electron chi connectivity index (χ0n) is 67.7. The molecule has 2 N–H and O–H groups in total. The van der Waals surface area contributed by atoms with Crippen LogP contribution in [-0.4, -0.2) is 19.9 Å². The summed E-state index contributed by atoms with van der Waals surface area (Å²) >= 11 is 2.18. The molecule has 9 rings (SSSR count). The van der Waals surface area contributed by atoms with Crippen LogP contribution in [0, 0.1) is 0 Å². The summed E-state index contributed by atoms with van der Waals surface area (Å²) in [6.45, 7) is 18.8. The lowest BCUT2D eigenvalue weighted by Crippen LogP contribution is -1.97. The van der Waals surface area contributed by atoms with Gasteiger partial charge >= 0.3 is 0 Å². The second-order valence-electron chi connectivity index (χ2n) is 32.5. The first-order valence-electron chi connectivity index (χ1n) is 44.8. The molecule has 0 amide bonds. The van der Waals surface area contributed by atoms with E-state index in [4.69, 9.17) is 9.97 Å². The molecule has 103 heavy (non-hydrogen) atoms. The number of thiophene rings is 1. The molecule has 4 aromatic heterocycles. The molecule has 0 radical (unpaired) electrons. The van der Waals surface area contributed by atoms with Crippen molar-refractivity contribution in [3.05, 3.63) is 104 Å². The van der Waals surface area contributed by atoms with Crippen molar-refractivity contribution in [2.24, 2.45) is 0 Å². The van der Waals surface area contributed by atoms with Crippen LogP contribution < -0.4 is 0 Å². The van der Waals surface area contributed by atoms with Gasteiger partial charge in [-0.1, -0.05) is 349 Å². The first-order valence-corrected chi connectivity index (χ1v) is 45.6. The van der Waals surface area contributed by atoms with Crippen LogP contribution in [0.5, 0.6) is 0 Å². The summed E-state index contributed by atoms with van der Waals surface area (Å²) in [5.41, 5.74) is 24.4. The molecule has 0 atom stereocenters. The SMILES string of the molecule is CCCCCCCCc1ccc(CCCCCCCC)c2c1-c1cc3[nH]c(cc4nc(cc5[nH]c(cc-2n1)c1c(CCCCCCCC)ccc(CCCCCCCC)c51)-c1c(CCCCCCCC)sc(CCCCCCCC)c1-4)c1c(CCCCCCCC)ccc(CCCCCCCC)c31. The fourth-order valence-corrected chi connectivity index (χ4v) is 19.1. The van der Waals surface area contributed by atoms with Gasteiger partial charge in [-0.3, -0.25) is 0 Å². The molecule has 0 unspecified atom stereocenters. The molecule has 2 aliphatic heterocycles. The number of H-pyrrole nitrogens is 2. The van der Waals surface area contributed by atoms with Gasteiger partial charge in [-0.15, -0.1) is 11.3 Å². The predicted molar refractivity (Wildman–Crippen MR) is 459 cm³/mol. The second kappa shape index (κ2) is 46.9. The Labute approximate surface area is 634 Å². The lowest BCUT2D eigenvalue weighted by molar-refractivity contribution is 0.606. The lowest BCUT2D eigenvalue weighted by atomic mass is 9.88. The van der Waals surface area contributed by atoms with Crippen LogP contribution in [0.15, 0.2) is 60.7 Å². The number of fused-ring (bicyclic) bond motifs is 20. The number of aromatic amines is 2. The van der Waals surface area contributed by atoms with Crippen molar-refractivity contribution in [3.8, 4) is 45.0 Å². The number of aromatic nitrogens is 4. The molecule has 6 heterocycles. The van der Waals surface area contributed by atoms with E-state index < -0.39 is 0 Å². The number of hydrogen-bond donors (Lipinski definition) is 2. The molecular formula is C98H148N4S. The highest BCUT2D eigenvalue weighted by Gasteiger charge is 2.30. The zero-order chi connectivity index (χ0) is 72.1. The Morgan fingerprint density at radius 1 is 0.214 bits per heavy atom. The third-order valence-electron chi connectivity index (χ3n) is 23.7. The van der Waals surface area contributed by atoms with Gasteiger partial charge in [0.15, 0.2) is 0 Å². The van der Waals surface area contributed by atoms with E-state index in [2.05, 4.69) is 137 Å². The van der Waals surface area contributed by atoms with E-state index in [1.807, 2.05) is 0 Å². The monoisotopic (exact) mass is 1410 g/mol. The van der Waals surface area contributed by atoms with E-state index in [1.54, 1.807) is 9.75 Å². The Morgan fingerprint density at radius 2 is 0.398 bits per heavy atom. The average Bonchev–Trinajstić information content (AvgIpc) is 1.58. The summed E-state index contributed by atoms with van der Waals surface area (Å²) in [6, 6.07) is 25.9. The topological polar surface area (TPSA) is 57.4 Å². The van der Waals surface area contributed by atoms with Crippen molar-refractivity contribution < 1.29 is 0 Å². The number of nitrogens with zero attached hydrogens (tertiary/aromatic N) is 2. The Kier molecular flexibility index (Phi) is 37.4. The number of unbranched alkanes of at least 4 members (excludes halogenated alkanes) is 40. The summed E-state index contributed by atoms with van der Waals surface area (Å²) in [7, 11) is 0.